The van der Waals surface area contributed by atoms with E-state index in [2.05, 4.69) is 15.3 Å². The number of pyridine rings is 2. The van der Waals surface area contributed by atoms with Gasteiger partial charge in [0.05, 0.1) is 11.8 Å². The number of rotatable bonds is 9. The van der Waals surface area contributed by atoms with E-state index in [0.717, 1.165) is 16.7 Å². The Labute approximate surface area is 195 Å². The SMILES string of the molecule is CS(=O)(=O)CC[C@@H](C#N)NC(=O)C(OC(=O)c1ccc(-c2ccncc2)s1)c1cccnc1. The average Bonchev–Trinajstić information content (AvgIpc) is 3.31. The molecule has 0 saturated carbocycles. The van der Waals surface area contributed by atoms with Gasteiger partial charge >= 0.3 is 5.97 Å². The van der Waals surface area contributed by atoms with Gasteiger partial charge < -0.3 is 10.1 Å². The van der Waals surface area contributed by atoms with Crippen molar-refractivity contribution in [3.63, 3.8) is 0 Å². The number of thiophene rings is 1. The van der Waals surface area contributed by atoms with Gasteiger partial charge in [-0.3, -0.25) is 14.8 Å². The van der Waals surface area contributed by atoms with Crippen LogP contribution >= 0.6 is 11.3 Å². The predicted octanol–water partition coefficient (Wildman–Crippen LogP) is 2.55. The smallest absolute Gasteiger partial charge is 0.349 e. The Balaban J connectivity index is 1.77. The highest BCUT2D eigenvalue weighted by molar-refractivity contribution is 7.90. The van der Waals surface area contributed by atoms with E-state index in [1.165, 1.54) is 23.7 Å². The van der Waals surface area contributed by atoms with E-state index in [4.69, 9.17) is 4.74 Å². The third-order valence-electron chi connectivity index (χ3n) is 4.47. The lowest BCUT2D eigenvalue weighted by Gasteiger charge is -2.19. The molecule has 33 heavy (non-hydrogen) atoms. The molecule has 0 aliphatic carbocycles. The average molecular weight is 485 g/mol. The van der Waals surface area contributed by atoms with Crippen LogP contribution in [0, 0.1) is 11.3 Å². The lowest BCUT2D eigenvalue weighted by molar-refractivity contribution is -0.130. The van der Waals surface area contributed by atoms with Crippen LogP contribution in [0.5, 0.6) is 0 Å². The zero-order valence-electron chi connectivity index (χ0n) is 17.5. The zero-order chi connectivity index (χ0) is 23.8. The van der Waals surface area contributed by atoms with Crippen molar-refractivity contribution < 1.29 is 22.7 Å². The van der Waals surface area contributed by atoms with Gasteiger partial charge in [0.25, 0.3) is 5.91 Å². The Morgan fingerprint density at radius 2 is 1.91 bits per heavy atom. The number of hydrogen-bond donors (Lipinski definition) is 1. The standard InChI is InChI=1S/C22H20N4O5S2/c1-33(29,30)12-8-17(13-23)26-21(27)20(16-3-2-9-25-14-16)31-22(28)19-5-4-18(32-19)15-6-10-24-11-7-15/h2-7,9-11,14,17,20H,8,12H2,1H3,(H,26,27)/t17-,20?/m0/s1. The largest absolute Gasteiger partial charge is 0.443 e. The molecule has 0 bridgehead atoms. The molecule has 0 aliphatic heterocycles. The molecule has 3 aromatic rings. The lowest BCUT2D eigenvalue weighted by atomic mass is 10.1. The minimum absolute atomic E-state index is 0.0883. The third-order valence-corrected chi connectivity index (χ3v) is 6.56. The van der Waals surface area contributed by atoms with Crippen molar-refractivity contribution in [1.29, 1.82) is 5.26 Å². The summed E-state index contributed by atoms with van der Waals surface area (Å²) in [4.78, 5) is 34.8. The fourth-order valence-electron chi connectivity index (χ4n) is 2.84. The van der Waals surface area contributed by atoms with E-state index in [1.54, 1.807) is 36.7 Å². The fourth-order valence-corrected chi connectivity index (χ4v) is 4.39. The number of amides is 1. The Morgan fingerprint density at radius 3 is 2.55 bits per heavy atom. The van der Waals surface area contributed by atoms with Gasteiger partial charge in [-0.15, -0.1) is 11.3 Å². The number of carbonyl (C=O) groups is 2. The maximum atomic E-state index is 12.9. The summed E-state index contributed by atoms with van der Waals surface area (Å²) >= 11 is 1.20. The fraction of sp³-hybridized carbons (Fsp3) is 0.227. The molecule has 0 saturated heterocycles. The molecule has 1 unspecified atom stereocenters. The molecule has 3 aromatic heterocycles. The van der Waals surface area contributed by atoms with Crippen LogP contribution in [0.4, 0.5) is 0 Å². The van der Waals surface area contributed by atoms with Gasteiger partial charge in [-0.1, -0.05) is 6.07 Å². The second kappa shape index (κ2) is 10.8. The molecule has 0 aliphatic rings. The summed E-state index contributed by atoms with van der Waals surface area (Å²) in [6.07, 6.45) is 5.76. The van der Waals surface area contributed by atoms with Crippen LogP contribution in [-0.4, -0.2) is 48.3 Å². The van der Waals surface area contributed by atoms with E-state index in [1.807, 2.05) is 18.2 Å². The molecule has 0 fully saturated rings. The molecule has 0 aromatic carbocycles. The van der Waals surface area contributed by atoms with E-state index >= 15 is 0 Å². The van der Waals surface area contributed by atoms with Crippen molar-refractivity contribution in [2.75, 3.05) is 12.0 Å². The van der Waals surface area contributed by atoms with Gasteiger partial charge in [0.15, 0.2) is 0 Å². The number of nitrogens with one attached hydrogen (secondary N) is 1. The first-order valence-electron chi connectivity index (χ1n) is 9.75. The van der Waals surface area contributed by atoms with Crippen LogP contribution in [-0.2, 0) is 19.4 Å². The molecule has 1 amide bonds. The Bertz CT molecular complexity index is 1250. The number of ether oxygens (including phenoxy) is 1. The van der Waals surface area contributed by atoms with Crippen LogP contribution < -0.4 is 5.32 Å². The number of nitriles is 1. The monoisotopic (exact) mass is 484 g/mol. The molecule has 0 radical (unpaired) electrons. The molecular formula is C22H20N4O5S2. The van der Waals surface area contributed by atoms with Gasteiger partial charge in [-0.05, 0) is 42.3 Å². The lowest BCUT2D eigenvalue weighted by Crippen LogP contribution is -2.39. The Kier molecular flexibility index (Phi) is 7.87. The summed E-state index contributed by atoms with van der Waals surface area (Å²) in [5, 5.41) is 11.8. The molecule has 11 heteroatoms. The molecular weight excluding hydrogens is 464 g/mol. The maximum Gasteiger partial charge on any atom is 0.349 e. The predicted molar refractivity (Wildman–Crippen MR) is 122 cm³/mol. The Hall–Kier alpha value is -3.62. The van der Waals surface area contributed by atoms with E-state index in [-0.39, 0.29) is 17.1 Å². The minimum atomic E-state index is -3.31. The van der Waals surface area contributed by atoms with Gasteiger partial charge in [-0.25, -0.2) is 13.2 Å². The maximum absolute atomic E-state index is 12.9. The first kappa shape index (κ1) is 24.0. The molecule has 170 valence electrons. The van der Waals surface area contributed by atoms with Gasteiger partial charge in [-0.2, -0.15) is 5.26 Å². The van der Waals surface area contributed by atoms with Gasteiger partial charge in [0.2, 0.25) is 6.10 Å². The second-order valence-corrected chi connectivity index (χ2v) is 10.4. The molecule has 1 N–H and O–H groups in total. The normalized spacial score (nSPS) is 12.8. The quantitative estimate of drug-likeness (QED) is 0.457. The number of hydrogen-bond acceptors (Lipinski definition) is 9. The van der Waals surface area contributed by atoms with Crippen LogP contribution in [0.1, 0.15) is 27.8 Å². The number of sulfone groups is 1. The molecule has 2 atom stereocenters. The van der Waals surface area contributed by atoms with Gasteiger partial charge in [0.1, 0.15) is 20.8 Å². The molecule has 3 rings (SSSR count). The number of nitrogens with zero attached hydrogens (tertiary/aromatic N) is 3. The first-order chi connectivity index (χ1) is 15.8. The van der Waals surface area contributed by atoms with E-state index in [0.29, 0.717) is 5.56 Å². The second-order valence-electron chi connectivity index (χ2n) is 7.08. The van der Waals surface area contributed by atoms with Crippen molar-refractivity contribution in [3.05, 3.63) is 71.6 Å². The summed E-state index contributed by atoms with van der Waals surface area (Å²) in [6, 6.07) is 10.9. The zero-order valence-corrected chi connectivity index (χ0v) is 19.2. The first-order valence-corrected chi connectivity index (χ1v) is 12.6. The van der Waals surface area contributed by atoms with Crippen LogP contribution in [0.15, 0.2) is 61.2 Å². The summed E-state index contributed by atoms with van der Waals surface area (Å²) in [5.74, 6) is -1.73. The number of carbonyl (C=O) groups excluding carboxylic acids is 2. The highest BCUT2D eigenvalue weighted by atomic mass is 32.2. The Morgan fingerprint density at radius 1 is 1.15 bits per heavy atom. The third kappa shape index (κ3) is 6.93. The topological polar surface area (TPSA) is 139 Å². The van der Waals surface area contributed by atoms with Crippen molar-refractivity contribution in [1.82, 2.24) is 15.3 Å². The van der Waals surface area contributed by atoms with E-state index in [9.17, 15) is 23.3 Å². The van der Waals surface area contributed by atoms with Crippen LogP contribution in [0.3, 0.4) is 0 Å². The van der Waals surface area contributed by atoms with Crippen molar-refractivity contribution in [2.24, 2.45) is 0 Å². The highest BCUT2D eigenvalue weighted by Gasteiger charge is 2.28. The van der Waals surface area contributed by atoms with Crippen molar-refractivity contribution in [3.8, 4) is 16.5 Å². The molecule has 0 spiro atoms. The van der Waals surface area contributed by atoms with E-state index < -0.39 is 33.9 Å². The number of aromatic nitrogens is 2. The summed E-state index contributed by atoms with van der Waals surface area (Å²) < 4.78 is 28.3. The van der Waals surface area contributed by atoms with Crippen molar-refractivity contribution >= 4 is 33.1 Å². The van der Waals surface area contributed by atoms with Crippen LogP contribution in [0.25, 0.3) is 10.4 Å². The van der Waals surface area contributed by atoms with Gasteiger partial charge in [0, 0.05) is 41.5 Å². The van der Waals surface area contributed by atoms with Crippen molar-refractivity contribution in [2.45, 2.75) is 18.6 Å². The summed E-state index contributed by atoms with van der Waals surface area (Å²) in [6.45, 7) is 0. The highest BCUT2D eigenvalue weighted by Crippen LogP contribution is 2.29. The number of esters is 1. The molecule has 9 nitrogen and oxygen atoms in total. The minimum Gasteiger partial charge on any atom is -0.443 e. The summed E-state index contributed by atoms with van der Waals surface area (Å²) in [7, 11) is -3.31. The van der Waals surface area contributed by atoms with Crippen LogP contribution in [0.2, 0.25) is 0 Å². The molecule has 3 heterocycles. The summed E-state index contributed by atoms with van der Waals surface area (Å²) in [5.41, 5.74) is 1.20.